The van der Waals surface area contributed by atoms with E-state index in [0.29, 0.717) is 5.92 Å². The molecular formula is C22H23N3O2. The summed E-state index contributed by atoms with van der Waals surface area (Å²) in [7, 11) is 1.25. The fourth-order valence-electron chi connectivity index (χ4n) is 4.53. The molecule has 1 aromatic carbocycles. The fourth-order valence-corrected chi connectivity index (χ4v) is 4.53. The Morgan fingerprint density at radius 3 is 2.59 bits per heavy atom. The minimum Gasteiger partial charge on any atom is -0.468 e. The molecule has 0 amide bonds. The van der Waals surface area contributed by atoms with Crippen LogP contribution < -0.4 is 5.73 Å². The zero-order valence-electron chi connectivity index (χ0n) is 15.7. The molecule has 2 N–H and O–H groups in total. The zero-order chi connectivity index (χ0) is 19.6. The van der Waals surface area contributed by atoms with Gasteiger partial charge in [-0.25, -0.2) is 4.79 Å². The number of nitrogens with two attached hydrogens (primary N) is 1. The highest BCUT2D eigenvalue weighted by atomic mass is 16.5. The molecule has 0 aliphatic heterocycles. The van der Waals surface area contributed by atoms with Gasteiger partial charge < -0.3 is 10.5 Å². The van der Waals surface area contributed by atoms with Gasteiger partial charge in [0.15, 0.2) is 0 Å². The van der Waals surface area contributed by atoms with Gasteiger partial charge in [-0.15, -0.1) is 0 Å². The first kappa shape index (κ1) is 18.7. The number of nitrogens with zero attached hydrogens (tertiary/aromatic N) is 2. The van der Waals surface area contributed by atoms with Crippen LogP contribution in [-0.2, 0) is 9.53 Å². The highest BCUT2D eigenvalue weighted by molar-refractivity contribution is 5.88. The molecule has 2 aliphatic carbocycles. The molecule has 0 aromatic heterocycles. The molecule has 27 heavy (non-hydrogen) atoms. The molecule has 0 bridgehead atoms. The normalized spacial score (nSPS) is 27.4. The number of esters is 1. The van der Waals surface area contributed by atoms with Crippen LogP contribution in [0.5, 0.6) is 0 Å². The van der Waals surface area contributed by atoms with E-state index < -0.39 is 17.3 Å². The summed E-state index contributed by atoms with van der Waals surface area (Å²) >= 11 is 0. The van der Waals surface area contributed by atoms with Crippen molar-refractivity contribution in [1.82, 2.24) is 0 Å². The number of hydrogen-bond acceptors (Lipinski definition) is 5. The Morgan fingerprint density at radius 1 is 1.33 bits per heavy atom. The van der Waals surface area contributed by atoms with Crippen LogP contribution in [0.25, 0.3) is 0 Å². The number of ether oxygens (including phenoxy) is 1. The van der Waals surface area contributed by atoms with E-state index in [0.717, 1.165) is 42.4 Å². The number of hydrogen-bond donors (Lipinski definition) is 1. The van der Waals surface area contributed by atoms with Crippen LogP contribution in [0, 0.1) is 34.0 Å². The number of carbonyl (C=O) groups excluding carboxylic acids is 1. The van der Waals surface area contributed by atoms with Crippen molar-refractivity contribution < 1.29 is 9.53 Å². The molecule has 1 aromatic rings. The van der Waals surface area contributed by atoms with Gasteiger partial charge >= 0.3 is 5.97 Å². The Morgan fingerprint density at radius 2 is 2.04 bits per heavy atom. The third-order valence-electron chi connectivity index (χ3n) is 5.98. The van der Waals surface area contributed by atoms with Gasteiger partial charge in [-0.05, 0) is 36.3 Å². The highest BCUT2D eigenvalue weighted by Gasteiger charge is 2.56. The number of carbonyl (C=O) groups is 1. The fraction of sp³-hybridized carbons (Fsp3) is 0.409. The lowest BCUT2D eigenvalue weighted by Gasteiger charge is -2.43. The predicted octanol–water partition coefficient (Wildman–Crippen LogP) is 3.71. The summed E-state index contributed by atoms with van der Waals surface area (Å²) in [4.78, 5) is 12.9. The second-order valence-electron chi connectivity index (χ2n) is 7.18. The van der Waals surface area contributed by atoms with Gasteiger partial charge in [0.1, 0.15) is 6.07 Å². The average molecular weight is 361 g/mol. The summed E-state index contributed by atoms with van der Waals surface area (Å²) in [6.45, 7) is 2.14. The Bertz CT molecular complexity index is 902. The van der Waals surface area contributed by atoms with Crippen molar-refractivity contribution in [3.8, 4) is 12.1 Å². The summed E-state index contributed by atoms with van der Waals surface area (Å²) in [5, 5.41) is 20.0. The third-order valence-corrected chi connectivity index (χ3v) is 5.98. The third kappa shape index (κ3) is 2.71. The Hall–Kier alpha value is -3.05. The largest absolute Gasteiger partial charge is 0.468 e. The Labute approximate surface area is 159 Å². The summed E-state index contributed by atoms with van der Waals surface area (Å²) in [6.07, 6.45) is 3.48. The molecule has 0 saturated heterocycles. The lowest BCUT2D eigenvalue weighted by molar-refractivity contribution is -0.148. The molecule has 5 heteroatoms. The van der Waals surface area contributed by atoms with Crippen molar-refractivity contribution in [2.75, 3.05) is 7.11 Å². The predicted molar refractivity (Wildman–Crippen MR) is 101 cm³/mol. The van der Waals surface area contributed by atoms with Crippen LogP contribution in [-0.4, -0.2) is 13.1 Å². The van der Waals surface area contributed by atoms with Gasteiger partial charge in [-0.3, -0.25) is 0 Å². The van der Waals surface area contributed by atoms with Gasteiger partial charge in [0.05, 0.1) is 24.4 Å². The lowest BCUT2D eigenvalue weighted by atomic mass is 9.58. The summed E-state index contributed by atoms with van der Waals surface area (Å²) in [6, 6.07) is 13.8. The quantitative estimate of drug-likeness (QED) is 0.827. The molecule has 0 spiro atoms. The first-order chi connectivity index (χ1) is 13.0. The van der Waals surface area contributed by atoms with Crippen molar-refractivity contribution in [3.63, 3.8) is 0 Å². The summed E-state index contributed by atoms with van der Waals surface area (Å²) in [5.41, 5.74) is 7.65. The molecule has 138 valence electrons. The minimum absolute atomic E-state index is 0.0156. The van der Waals surface area contributed by atoms with Gasteiger partial charge in [0, 0.05) is 5.92 Å². The van der Waals surface area contributed by atoms with Crippen LogP contribution in [0.15, 0.2) is 52.7 Å². The molecule has 2 aliphatic rings. The van der Waals surface area contributed by atoms with Gasteiger partial charge in [-0.2, -0.15) is 10.5 Å². The van der Waals surface area contributed by atoms with E-state index in [4.69, 9.17) is 10.5 Å². The van der Waals surface area contributed by atoms with Crippen LogP contribution in [0.4, 0.5) is 0 Å². The monoisotopic (exact) mass is 361 g/mol. The summed E-state index contributed by atoms with van der Waals surface area (Å²) in [5.74, 6) is -0.796. The van der Waals surface area contributed by atoms with Gasteiger partial charge in [0.2, 0.25) is 5.41 Å². The molecule has 3 rings (SSSR count). The van der Waals surface area contributed by atoms with E-state index in [-0.39, 0.29) is 11.3 Å². The van der Waals surface area contributed by atoms with Crippen molar-refractivity contribution in [2.45, 2.75) is 38.5 Å². The van der Waals surface area contributed by atoms with Crippen molar-refractivity contribution in [1.29, 1.82) is 10.5 Å². The smallest absolute Gasteiger partial charge is 0.333 e. The molecule has 0 saturated carbocycles. The second kappa shape index (κ2) is 7.29. The van der Waals surface area contributed by atoms with Crippen molar-refractivity contribution in [3.05, 3.63) is 58.3 Å². The zero-order valence-corrected chi connectivity index (χ0v) is 15.7. The summed E-state index contributed by atoms with van der Waals surface area (Å²) < 4.78 is 5.02. The average Bonchev–Trinajstić information content (AvgIpc) is 2.72. The number of allylic oxidation sites excluding steroid dienone is 3. The van der Waals surface area contributed by atoms with Crippen molar-refractivity contribution >= 4 is 5.97 Å². The van der Waals surface area contributed by atoms with Crippen LogP contribution in [0.1, 0.15) is 44.1 Å². The minimum atomic E-state index is -1.73. The van der Waals surface area contributed by atoms with E-state index >= 15 is 0 Å². The number of benzene rings is 1. The lowest BCUT2D eigenvalue weighted by Crippen LogP contribution is -2.46. The first-order valence-corrected chi connectivity index (χ1v) is 9.22. The maximum atomic E-state index is 12.9. The van der Waals surface area contributed by atoms with E-state index in [2.05, 4.69) is 19.1 Å². The molecule has 3 atom stereocenters. The Kier molecular flexibility index (Phi) is 5.06. The maximum absolute atomic E-state index is 12.9. The van der Waals surface area contributed by atoms with Crippen LogP contribution >= 0.6 is 0 Å². The number of nitriles is 2. The van der Waals surface area contributed by atoms with E-state index in [1.165, 1.54) is 7.11 Å². The highest BCUT2D eigenvalue weighted by Crippen LogP contribution is 2.56. The molecule has 0 radical (unpaired) electrons. The standard InChI is InChI=1S/C22H23N3O2/c1-3-14-9-10-16-17(11-14)19(15-7-5-4-6-8-15)22(13-24,21(26)27-2)20(25)18(16)12-23/h4-8,14,19H,3,9-11,25H2,1-2H3. The molecule has 5 nitrogen and oxygen atoms in total. The molecule has 3 unspecified atom stereocenters. The first-order valence-electron chi connectivity index (χ1n) is 9.22. The number of methoxy groups -OCH3 is 1. The van der Waals surface area contributed by atoms with Gasteiger partial charge in [0.25, 0.3) is 0 Å². The molecule has 0 fully saturated rings. The van der Waals surface area contributed by atoms with E-state index in [9.17, 15) is 15.3 Å². The van der Waals surface area contributed by atoms with Gasteiger partial charge in [-0.1, -0.05) is 49.2 Å². The van der Waals surface area contributed by atoms with E-state index in [1.54, 1.807) is 0 Å². The topological polar surface area (TPSA) is 99.9 Å². The molecule has 0 heterocycles. The molecular weight excluding hydrogens is 338 g/mol. The van der Waals surface area contributed by atoms with Crippen LogP contribution in [0.2, 0.25) is 0 Å². The maximum Gasteiger partial charge on any atom is 0.333 e. The number of rotatable bonds is 3. The SMILES string of the molecule is CCC1CCC2=C(C1)C(c1ccccc1)C(C#N)(C(=O)OC)C(N)=C2C#N. The van der Waals surface area contributed by atoms with Crippen LogP contribution in [0.3, 0.4) is 0 Å². The second-order valence-corrected chi connectivity index (χ2v) is 7.18. The van der Waals surface area contributed by atoms with E-state index in [1.807, 2.05) is 30.3 Å². The van der Waals surface area contributed by atoms with Crippen molar-refractivity contribution in [2.24, 2.45) is 17.1 Å². The Balaban J connectivity index is 2.35.